The summed E-state index contributed by atoms with van der Waals surface area (Å²) in [5.74, 6) is -0.0364. The Morgan fingerprint density at radius 3 is 2.54 bits per heavy atom. The van der Waals surface area contributed by atoms with E-state index in [-0.39, 0.29) is 17.9 Å². The predicted octanol–water partition coefficient (Wildman–Crippen LogP) is 2.56. The Bertz CT molecular complexity index is 929. The number of carboxylic acid groups (broad SMARTS) is 1. The highest BCUT2D eigenvalue weighted by molar-refractivity contribution is 5.87. The Morgan fingerprint density at radius 2 is 1.85 bits per heavy atom. The molecular formula is C20H21N3O3. The number of fused-ring (bicyclic) bond motifs is 1. The third-order valence-electron chi connectivity index (χ3n) is 4.34. The van der Waals surface area contributed by atoms with Crippen molar-refractivity contribution in [1.29, 1.82) is 0 Å². The van der Waals surface area contributed by atoms with Crippen molar-refractivity contribution in [3.63, 3.8) is 0 Å². The zero-order valence-corrected chi connectivity index (χ0v) is 14.6. The van der Waals surface area contributed by atoms with Gasteiger partial charge in [-0.1, -0.05) is 24.3 Å². The maximum absolute atomic E-state index is 12.0. The third-order valence-corrected chi connectivity index (χ3v) is 4.34. The van der Waals surface area contributed by atoms with E-state index in [2.05, 4.69) is 14.9 Å². The zero-order chi connectivity index (χ0) is 18.5. The molecule has 0 aliphatic rings. The van der Waals surface area contributed by atoms with Crippen LogP contribution >= 0.6 is 0 Å². The van der Waals surface area contributed by atoms with Crippen LogP contribution in [-0.4, -0.2) is 33.1 Å². The molecule has 134 valence electrons. The molecule has 6 nitrogen and oxygen atoms in total. The molecule has 0 radical (unpaired) electrons. The number of benzene rings is 2. The molecule has 0 aliphatic heterocycles. The van der Waals surface area contributed by atoms with Gasteiger partial charge in [-0.3, -0.25) is 4.79 Å². The molecule has 26 heavy (non-hydrogen) atoms. The number of rotatable bonds is 7. The maximum atomic E-state index is 12.0. The summed E-state index contributed by atoms with van der Waals surface area (Å²) < 4.78 is 2.08. The van der Waals surface area contributed by atoms with Gasteiger partial charge in [-0.2, -0.15) is 0 Å². The first kappa shape index (κ1) is 17.7. The second-order valence-electron chi connectivity index (χ2n) is 6.21. The Labute approximate surface area is 151 Å². The fraction of sp³-hybridized carbons (Fsp3) is 0.250. The van der Waals surface area contributed by atoms with Crippen molar-refractivity contribution in [1.82, 2.24) is 14.9 Å². The van der Waals surface area contributed by atoms with E-state index in [1.54, 1.807) is 12.1 Å². The lowest BCUT2D eigenvalue weighted by Crippen LogP contribution is -2.26. The SMILES string of the molecule is Cn1c(CCCNC(=O)Cc2ccc(C(=O)O)cc2)nc2ccccc21. The number of para-hydroxylation sites is 2. The van der Waals surface area contributed by atoms with Crippen LogP contribution in [0.25, 0.3) is 11.0 Å². The van der Waals surface area contributed by atoms with Crippen molar-refractivity contribution in [2.75, 3.05) is 6.54 Å². The number of aromatic carboxylic acids is 1. The first-order valence-corrected chi connectivity index (χ1v) is 8.54. The first-order valence-electron chi connectivity index (χ1n) is 8.54. The number of hydrogen-bond acceptors (Lipinski definition) is 3. The van der Waals surface area contributed by atoms with Crippen LogP contribution < -0.4 is 5.32 Å². The number of nitrogens with zero attached hydrogens (tertiary/aromatic N) is 2. The summed E-state index contributed by atoms with van der Waals surface area (Å²) in [5.41, 5.74) is 3.11. The number of aryl methyl sites for hydroxylation is 2. The van der Waals surface area contributed by atoms with E-state index in [1.807, 2.05) is 31.3 Å². The lowest BCUT2D eigenvalue weighted by Gasteiger charge is -2.06. The van der Waals surface area contributed by atoms with E-state index in [0.717, 1.165) is 35.3 Å². The fourth-order valence-electron chi connectivity index (χ4n) is 2.91. The normalized spacial score (nSPS) is 10.8. The van der Waals surface area contributed by atoms with Gasteiger partial charge in [0.1, 0.15) is 5.82 Å². The van der Waals surface area contributed by atoms with E-state index in [1.165, 1.54) is 12.1 Å². The standard InChI is InChI=1S/C20H21N3O3/c1-23-17-6-3-2-5-16(17)22-18(23)7-4-12-21-19(24)13-14-8-10-15(11-9-14)20(25)26/h2-3,5-6,8-11H,4,7,12-13H2,1H3,(H,21,24)(H,25,26). The van der Waals surface area contributed by atoms with Crippen LogP contribution in [0, 0.1) is 0 Å². The van der Waals surface area contributed by atoms with Gasteiger partial charge >= 0.3 is 5.97 Å². The van der Waals surface area contributed by atoms with Crippen molar-refractivity contribution >= 4 is 22.9 Å². The third kappa shape index (κ3) is 4.08. The molecule has 0 saturated carbocycles. The summed E-state index contributed by atoms with van der Waals surface area (Å²) in [7, 11) is 2.00. The molecule has 2 aromatic carbocycles. The molecule has 0 atom stereocenters. The zero-order valence-electron chi connectivity index (χ0n) is 14.6. The highest BCUT2D eigenvalue weighted by Gasteiger charge is 2.08. The molecule has 2 N–H and O–H groups in total. The molecule has 3 aromatic rings. The Balaban J connectivity index is 1.46. The molecular weight excluding hydrogens is 330 g/mol. The number of nitrogens with one attached hydrogen (secondary N) is 1. The van der Waals surface area contributed by atoms with Crippen LogP contribution in [0.2, 0.25) is 0 Å². The summed E-state index contributed by atoms with van der Waals surface area (Å²) in [5, 5.41) is 11.8. The topological polar surface area (TPSA) is 84.2 Å². The van der Waals surface area contributed by atoms with Gasteiger partial charge in [0, 0.05) is 20.0 Å². The van der Waals surface area contributed by atoms with E-state index < -0.39 is 5.97 Å². The molecule has 0 aliphatic carbocycles. The second kappa shape index (κ2) is 7.82. The van der Waals surface area contributed by atoms with Gasteiger partial charge < -0.3 is 15.0 Å². The number of aromatic nitrogens is 2. The average Bonchev–Trinajstić information content (AvgIpc) is 2.95. The van der Waals surface area contributed by atoms with E-state index in [0.29, 0.717) is 6.54 Å². The number of carbonyl (C=O) groups is 2. The highest BCUT2D eigenvalue weighted by Crippen LogP contribution is 2.15. The summed E-state index contributed by atoms with van der Waals surface area (Å²) >= 11 is 0. The van der Waals surface area contributed by atoms with Gasteiger partial charge in [0.25, 0.3) is 0 Å². The Hall–Kier alpha value is -3.15. The van der Waals surface area contributed by atoms with Gasteiger partial charge in [-0.25, -0.2) is 9.78 Å². The molecule has 1 heterocycles. The van der Waals surface area contributed by atoms with Gasteiger partial charge in [-0.05, 0) is 36.2 Å². The van der Waals surface area contributed by atoms with Gasteiger partial charge in [0.2, 0.25) is 5.91 Å². The van der Waals surface area contributed by atoms with Gasteiger partial charge in [0.15, 0.2) is 0 Å². The number of hydrogen-bond donors (Lipinski definition) is 2. The summed E-state index contributed by atoms with van der Waals surface area (Å²) in [6.07, 6.45) is 1.84. The molecule has 0 unspecified atom stereocenters. The maximum Gasteiger partial charge on any atom is 0.335 e. The lowest BCUT2D eigenvalue weighted by molar-refractivity contribution is -0.120. The minimum atomic E-state index is -0.969. The number of carboxylic acids is 1. The van der Waals surface area contributed by atoms with Crippen molar-refractivity contribution in [2.24, 2.45) is 7.05 Å². The van der Waals surface area contributed by atoms with E-state index in [9.17, 15) is 9.59 Å². The van der Waals surface area contributed by atoms with Crippen molar-refractivity contribution < 1.29 is 14.7 Å². The largest absolute Gasteiger partial charge is 0.478 e. The van der Waals surface area contributed by atoms with Gasteiger partial charge in [0.05, 0.1) is 23.0 Å². The summed E-state index contributed by atoms with van der Waals surface area (Å²) in [4.78, 5) is 27.4. The van der Waals surface area contributed by atoms with Crippen LogP contribution in [0.3, 0.4) is 0 Å². The van der Waals surface area contributed by atoms with Crippen molar-refractivity contribution in [3.05, 3.63) is 65.5 Å². The molecule has 0 saturated heterocycles. The monoisotopic (exact) mass is 351 g/mol. The minimum absolute atomic E-state index is 0.0712. The van der Waals surface area contributed by atoms with Crippen LogP contribution in [-0.2, 0) is 24.7 Å². The van der Waals surface area contributed by atoms with Crippen molar-refractivity contribution in [3.8, 4) is 0 Å². The Morgan fingerprint density at radius 1 is 1.12 bits per heavy atom. The lowest BCUT2D eigenvalue weighted by atomic mass is 10.1. The highest BCUT2D eigenvalue weighted by atomic mass is 16.4. The van der Waals surface area contributed by atoms with Crippen LogP contribution in [0.15, 0.2) is 48.5 Å². The smallest absolute Gasteiger partial charge is 0.335 e. The fourth-order valence-corrected chi connectivity index (χ4v) is 2.91. The summed E-state index contributed by atoms with van der Waals surface area (Å²) in [6, 6.07) is 14.4. The molecule has 3 rings (SSSR count). The first-order chi connectivity index (χ1) is 12.5. The predicted molar refractivity (Wildman–Crippen MR) is 99.2 cm³/mol. The molecule has 6 heteroatoms. The summed E-state index contributed by atoms with van der Waals surface area (Å²) in [6.45, 7) is 0.579. The van der Waals surface area contributed by atoms with Crippen LogP contribution in [0.5, 0.6) is 0 Å². The molecule has 0 bridgehead atoms. The minimum Gasteiger partial charge on any atom is -0.478 e. The van der Waals surface area contributed by atoms with Gasteiger partial charge in [-0.15, -0.1) is 0 Å². The molecule has 1 aromatic heterocycles. The molecule has 0 fully saturated rings. The van der Waals surface area contributed by atoms with E-state index >= 15 is 0 Å². The van der Waals surface area contributed by atoms with Crippen LogP contribution in [0.4, 0.5) is 0 Å². The number of imidazole rings is 1. The second-order valence-corrected chi connectivity index (χ2v) is 6.21. The quantitative estimate of drug-likeness (QED) is 0.641. The molecule has 0 spiro atoms. The Kier molecular flexibility index (Phi) is 5.31. The molecule has 1 amide bonds. The van der Waals surface area contributed by atoms with Crippen molar-refractivity contribution in [2.45, 2.75) is 19.3 Å². The van der Waals surface area contributed by atoms with E-state index in [4.69, 9.17) is 5.11 Å². The number of carbonyl (C=O) groups excluding carboxylic acids is 1. The average molecular weight is 351 g/mol. The van der Waals surface area contributed by atoms with Crippen LogP contribution in [0.1, 0.15) is 28.2 Å². The number of amides is 1.